The zero-order valence-electron chi connectivity index (χ0n) is 18.8. The molecule has 0 saturated carbocycles. The number of halogens is 2. The topological polar surface area (TPSA) is 129 Å². The average Bonchev–Trinajstić information content (AvgIpc) is 3.17. The fraction of sp³-hybridized carbons (Fsp3) is 0.0833. The van der Waals surface area contributed by atoms with Gasteiger partial charge >= 0.3 is 12.1 Å². The molecule has 12 heteroatoms. The second-order valence-electron chi connectivity index (χ2n) is 7.63. The van der Waals surface area contributed by atoms with Gasteiger partial charge in [-0.25, -0.2) is 22.4 Å². The lowest BCUT2D eigenvalue weighted by Gasteiger charge is -2.17. The Labute approximate surface area is 209 Å². The molecule has 0 spiro atoms. The summed E-state index contributed by atoms with van der Waals surface area (Å²) in [6.45, 7) is 0. The van der Waals surface area contributed by atoms with E-state index in [1.165, 1.54) is 43.4 Å². The molecule has 36 heavy (non-hydrogen) atoms. The third-order valence-corrected chi connectivity index (χ3v) is 6.65. The van der Waals surface area contributed by atoms with Crippen molar-refractivity contribution in [3.8, 4) is 22.8 Å². The molecule has 1 aromatic heterocycles. The number of hydrogen-bond acceptors (Lipinski definition) is 7. The molecule has 4 aromatic rings. The fourth-order valence-corrected chi connectivity index (χ4v) is 4.24. The minimum absolute atomic E-state index is 0.0129. The van der Waals surface area contributed by atoms with Gasteiger partial charge in [0.05, 0.1) is 17.0 Å². The number of nitrogens with zero attached hydrogens (tertiary/aromatic N) is 1. The first kappa shape index (κ1) is 25.0. The van der Waals surface area contributed by atoms with Crippen LogP contribution in [0.25, 0.3) is 22.3 Å². The number of amides is 1. The molecule has 0 aliphatic rings. The van der Waals surface area contributed by atoms with Crippen LogP contribution in [0.15, 0.2) is 65.1 Å². The number of ether oxygens (including phenoxy) is 2. The van der Waals surface area contributed by atoms with Crippen molar-refractivity contribution < 1.29 is 36.3 Å². The van der Waals surface area contributed by atoms with E-state index in [9.17, 15) is 22.4 Å². The zero-order chi connectivity index (χ0) is 26.2. The van der Waals surface area contributed by atoms with Crippen LogP contribution in [0, 0.1) is 5.82 Å². The molecule has 2 N–H and O–H groups in total. The Kier molecular flexibility index (Phi) is 6.61. The van der Waals surface area contributed by atoms with E-state index < -0.39 is 27.9 Å². The molecule has 3 aromatic carbocycles. The smallest absolute Gasteiger partial charge is 0.412 e. The Morgan fingerprint density at radius 2 is 1.61 bits per heavy atom. The van der Waals surface area contributed by atoms with E-state index in [1.807, 2.05) is 0 Å². The lowest BCUT2D eigenvalue weighted by atomic mass is 10.1. The van der Waals surface area contributed by atoms with Crippen molar-refractivity contribution in [1.29, 1.82) is 0 Å². The van der Waals surface area contributed by atoms with Gasteiger partial charge in [-0.2, -0.15) is 0 Å². The van der Waals surface area contributed by atoms with Crippen LogP contribution in [0.5, 0.6) is 11.5 Å². The van der Waals surface area contributed by atoms with Gasteiger partial charge < -0.3 is 19.6 Å². The molecule has 1 heterocycles. The second-order valence-corrected chi connectivity index (χ2v) is 10.0. The maximum absolute atomic E-state index is 13.1. The Morgan fingerprint density at radius 1 is 1.03 bits per heavy atom. The second kappa shape index (κ2) is 9.51. The van der Waals surface area contributed by atoms with E-state index in [0.29, 0.717) is 17.1 Å². The number of hydrogen-bond donors (Lipinski definition) is 1. The highest BCUT2D eigenvalue weighted by Gasteiger charge is 2.27. The molecular formula is C24H18ClFN2O7S. The van der Waals surface area contributed by atoms with E-state index in [1.54, 1.807) is 24.3 Å². The quantitative estimate of drug-likeness (QED) is 0.263. The van der Waals surface area contributed by atoms with Crippen LogP contribution in [-0.4, -0.2) is 33.8 Å². The van der Waals surface area contributed by atoms with Gasteiger partial charge in [0.15, 0.2) is 0 Å². The monoisotopic (exact) mass is 532 g/mol. The number of carbonyl (C=O) groups is 2. The molecule has 4 rings (SSSR count). The van der Waals surface area contributed by atoms with Crippen LogP contribution >= 0.6 is 11.6 Å². The number of benzene rings is 3. The number of furan rings is 1. The maximum Gasteiger partial charge on any atom is 0.412 e. The van der Waals surface area contributed by atoms with E-state index >= 15 is 0 Å². The molecule has 0 aliphatic carbocycles. The summed E-state index contributed by atoms with van der Waals surface area (Å²) in [5.41, 5.74) is 5.53. The summed E-state index contributed by atoms with van der Waals surface area (Å²) in [4.78, 5) is 24.0. The van der Waals surface area contributed by atoms with Crippen molar-refractivity contribution in [2.24, 2.45) is 5.73 Å². The molecule has 0 aliphatic heterocycles. The van der Waals surface area contributed by atoms with Gasteiger partial charge in [-0.3, -0.25) is 4.31 Å². The molecular weight excluding hydrogens is 515 g/mol. The van der Waals surface area contributed by atoms with Gasteiger partial charge in [-0.05, 0) is 54.6 Å². The van der Waals surface area contributed by atoms with Crippen molar-refractivity contribution >= 4 is 50.3 Å². The molecule has 186 valence electrons. The predicted octanol–water partition coefficient (Wildman–Crippen LogP) is 5.32. The van der Waals surface area contributed by atoms with Gasteiger partial charge in [-0.1, -0.05) is 11.6 Å². The Balaban J connectivity index is 1.80. The van der Waals surface area contributed by atoms with Gasteiger partial charge in [0.1, 0.15) is 34.2 Å². The lowest BCUT2D eigenvalue weighted by molar-refractivity contribution is 0.0640. The van der Waals surface area contributed by atoms with Crippen molar-refractivity contribution in [2.45, 2.75) is 0 Å². The molecule has 9 nitrogen and oxygen atoms in total. The molecule has 0 bridgehead atoms. The predicted molar refractivity (Wildman–Crippen MR) is 131 cm³/mol. The first-order valence-corrected chi connectivity index (χ1v) is 12.4. The minimum atomic E-state index is -3.65. The largest absolute Gasteiger partial charge is 0.457 e. The molecule has 0 fully saturated rings. The van der Waals surface area contributed by atoms with E-state index in [2.05, 4.69) is 4.74 Å². The highest BCUT2D eigenvalue weighted by molar-refractivity contribution is 7.92. The van der Waals surface area contributed by atoms with Crippen molar-refractivity contribution in [3.63, 3.8) is 0 Å². The Bertz CT molecular complexity index is 1580. The lowest BCUT2D eigenvalue weighted by Crippen LogP contribution is -2.25. The van der Waals surface area contributed by atoms with Crippen molar-refractivity contribution in [3.05, 3.63) is 77.1 Å². The average molecular weight is 533 g/mol. The van der Waals surface area contributed by atoms with Crippen LogP contribution < -0.4 is 14.8 Å². The fourth-order valence-electron chi connectivity index (χ4n) is 3.39. The number of esters is 1. The summed E-state index contributed by atoms with van der Waals surface area (Å²) in [7, 11) is -2.33. The summed E-state index contributed by atoms with van der Waals surface area (Å²) in [6, 6.07) is 14.5. The summed E-state index contributed by atoms with van der Waals surface area (Å²) in [5, 5.41) is 0.192. The molecule has 0 radical (unpaired) electrons. The van der Waals surface area contributed by atoms with Crippen LogP contribution in [-0.2, 0) is 14.8 Å². The summed E-state index contributed by atoms with van der Waals surface area (Å²) >= 11 is 6.32. The van der Waals surface area contributed by atoms with Gasteiger partial charge in [0.25, 0.3) is 0 Å². The summed E-state index contributed by atoms with van der Waals surface area (Å²) in [6.07, 6.45) is -0.311. The van der Waals surface area contributed by atoms with E-state index in [0.717, 1.165) is 10.6 Å². The Hall–Kier alpha value is -4.09. The van der Waals surface area contributed by atoms with Crippen molar-refractivity contribution in [1.82, 2.24) is 0 Å². The standard InChI is InChI=1S/C24H18ClFN2O7S/c1-28(36(2,31)32)19-12-20-17(11-18(19)25)21(23(29)35-24(27)30)22(34-20)13-3-7-15(8-4-13)33-16-9-5-14(26)6-10-16/h3-12H,1-2H3,(H2,27,30). The van der Waals surface area contributed by atoms with Gasteiger partial charge in [-0.15, -0.1) is 0 Å². The third-order valence-electron chi connectivity index (χ3n) is 5.16. The van der Waals surface area contributed by atoms with Crippen LogP contribution in [0.2, 0.25) is 5.02 Å². The SMILES string of the molecule is CN(c1cc2oc(-c3ccc(Oc4ccc(F)cc4)cc3)c(C(=O)OC(N)=O)c2cc1Cl)S(C)(=O)=O. The normalized spacial score (nSPS) is 11.3. The number of anilines is 1. The Morgan fingerprint density at radius 3 is 2.17 bits per heavy atom. The van der Waals surface area contributed by atoms with Crippen LogP contribution in [0.3, 0.4) is 0 Å². The highest BCUT2D eigenvalue weighted by atomic mass is 35.5. The molecule has 1 amide bonds. The first-order valence-electron chi connectivity index (χ1n) is 10.2. The number of nitrogens with two attached hydrogens (primary N) is 1. The summed E-state index contributed by atoms with van der Waals surface area (Å²) < 4.78 is 54.2. The first-order chi connectivity index (χ1) is 16.9. The number of rotatable bonds is 6. The number of fused-ring (bicyclic) bond motifs is 1. The van der Waals surface area contributed by atoms with Crippen molar-refractivity contribution in [2.75, 3.05) is 17.6 Å². The van der Waals surface area contributed by atoms with Gasteiger partial charge in [0, 0.05) is 24.1 Å². The molecule has 0 atom stereocenters. The van der Waals surface area contributed by atoms with Crippen LogP contribution in [0.4, 0.5) is 14.9 Å². The summed E-state index contributed by atoms with van der Waals surface area (Å²) in [5.74, 6) is -0.620. The van der Waals surface area contributed by atoms with E-state index in [4.69, 9.17) is 26.5 Å². The third kappa shape index (κ3) is 5.11. The highest BCUT2D eigenvalue weighted by Crippen LogP contribution is 2.40. The van der Waals surface area contributed by atoms with E-state index in [-0.39, 0.29) is 33.0 Å². The molecule has 0 unspecified atom stereocenters. The number of carbonyl (C=O) groups excluding carboxylic acids is 2. The van der Waals surface area contributed by atoms with Gasteiger partial charge in [0.2, 0.25) is 10.0 Å². The minimum Gasteiger partial charge on any atom is -0.457 e. The molecule has 0 saturated heterocycles. The maximum atomic E-state index is 13.1. The number of sulfonamides is 1. The number of primary amides is 1. The van der Waals surface area contributed by atoms with Crippen LogP contribution in [0.1, 0.15) is 10.4 Å². The zero-order valence-corrected chi connectivity index (χ0v) is 20.4.